The Labute approximate surface area is 181 Å². The molecule has 2 N–H and O–H groups in total. The number of ether oxygens (including phenoxy) is 2. The number of hydrogen-bond donors (Lipinski definition) is 2. The molecule has 0 bridgehead atoms. The summed E-state index contributed by atoms with van der Waals surface area (Å²) in [5.41, 5.74) is 2.60. The van der Waals surface area contributed by atoms with Crippen LogP contribution in [0.1, 0.15) is 24.8 Å². The van der Waals surface area contributed by atoms with Crippen LogP contribution >= 0.6 is 24.0 Å². The standard InChI is InChI=1S/C20H34N4O2.HI/c1-17-6-8-19(9-7-17)24-12-10-18(16-24)23-20(21-2)22-11-4-5-13-26-15-14-25-3;/h6-9,18H,4-5,10-16H2,1-3H3,(H2,21,22,23);1H. The van der Waals surface area contributed by atoms with Gasteiger partial charge in [0.05, 0.1) is 13.2 Å². The Morgan fingerprint density at radius 1 is 1.19 bits per heavy atom. The van der Waals surface area contributed by atoms with Crippen molar-refractivity contribution in [1.82, 2.24) is 10.6 Å². The summed E-state index contributed by atoms with van der Waals surface area (Å²) in [5, 5.41) is 6.95. The normalized spacial score (nSPS) is 16.9. The number of halogens is 1. The van der Waals surface area contributed by atoms with E-state index in [0.717, 1.165) is 51.5 Å². The number of aliphatic imine (C=N–C) groups is 1. The van der Waals surface area contributed by atoms with Crippen LogP contribution in [-0.4, -0.2) is 65.6 Å². The van der Waals surface area contributed by atoms with Gasteiger partial charge in [-0.15, -0.1) is 24.0 Å². The number of anilines is 1. The SMILES string of the molecule is CN=C(NCCCCOCCOC)NC1CCN(c2ccc(C)cc2)C1.I. The van der Waals surface area contributed by atoms with Gasteiger partial charge in [0, 0.05) is 52.1 Å². The molecule has 2 rings (SSSR count). The molecule has 1 aliphatic heterocycles. The van der Waals surface area contributed by atoms with Gasteiger partial charge in [0.2, 0.25) is 0 Å². The molecule has 1 atom stereocenters. The molecule has 0 spiro atoms. The molecule has 1 aromatic carbocycles. The van der Waals surface area contributed by atoms with Crippen molar-refractivity contribution < 1.29 is 9.47 Å². The molecule has 1 aliphatic rings. The minimum Gasteiger partial charge on any atom is -0.382 e. The first-order valence-corrected chi connectivity index (χ1v) is 9.58. The molecule has 0 amide bonds. The van der Waals surface area contributed by atoms with Crippen LogP contribution in [0.15, 0.2) is 29.3 Å². The predicted octanol–water partition coefficient (Wildman–Crippen LogP) is 2.80. The highest BCUT2D eigenvalue weighted by molar-refractivity contribution is 14.0. The number of aryl methyl sites for hydroxylation is 1. The molecule has 7 heteroatoms. The molecule has 1 unspecified atom stereocenters. The fourth-order valence-corrected chi connectivity index (χ4v) is 3.04. The van der Waals surface area contributed by atoms with Crippen LogP contribution < -0.4 is 15.5 Å². The van der Waals surface area contributed by atoms with Gasteiger partial charge in [0.25, 0.3) is 0 Å². The maximum Gasteiger partial charge on any atom is 0.191 e. The maximum atomic E-state index is 5.47. The largest absolute Gasteiger partial charge is 0.382 e. The Morgan fingerprint density at radius 2 is 1.96 bits per heavy atom. The fraction of sp³-hybridized carbons (Fsp3) is 0.650. The number of hydrogen-bond acceptors (Lipinski definition) is 4. The van der Waals surface area contributed by atoms with Crippen molar-refractivity contribution in [3.8, 4) is 0 Å². The molecular weight excluding hydrogens is 455 g/mol. The summed E-state index contributed by atoms with van der Waals surface area (Å²) in [4.78, 5) is 6.78. The Bertz CT molecular complexity index is 539. The topological polar surface area (TPSA) is 58.1 Å². The van der Waals surface area contributed by atoms with Crippen molar-refractivity contribution in [3.05, 3.63) is 29.8 Å². The van der Waals surface area contributed by atoms with Crippen LogP contribution in [0.2, 0.25) is 0 Å². The van der Waals surface area contributed by atoms with Crippen molar-refractivity contribution in [1.29, 1.82) is 0 Å². The summed E-state index contributed by atoms with van der Waals surface area (Å²) in [5.74, 6) is 0.890. The second kappa shape index (κ2) is 14.0. The van der Waals surface area contributed by atoms with Gasteiger partial charge in [0.1, 0.15) is 0 Å². The lowest BCUT2D eigenvalue weighted by Crippen LogP contribution is -2.44. The Hall–Kier alpha value is -1.06. The van der Waals surface area contributed by atoms with Gasteiger partial charge in [-0.3, -0.25) is 4.99 Å². The average molecular weight is 490 g/mol. The second-order valence-electron chi connectivity index (χ2n) is 6.72. The first-order chi connectivity index (χ1) is 12.7. The lowest BCUT2D eigenvalue weighted by molar-refractivity contribution is 0.0689. The molecule has 0 aliphatic carbocycles. The Morgan fingerprint density at radius 3 is 2.67 bits per heavy atom. The van der Waals surface area contributed by atoms with Crippen LogP contribution in [0, 0.1) is 6.92 Å². The van der Waals surface area contributed by atoms with Crippen molar-refractivity contribution >= 4 is 35.6 Å². The zero-order valence-electron chi connectivity index (χ0n) is 16.9. The molecule has 1 fully saturated rings. The third-order valence-corrected chi connectivity index (χ3v) is 4.59. The molecule has 0 aromatic heterocycles. The van der Waals surface area contributed by atoms with E-state index in [1.807, 2.05) is 7.05 Å². The van der Waals surface area contributed by atoms with Crippen molar-refractivity contribution in [2.24, 2.45) is 4.99 Å². The summed E-state index contributed by atoms with van der Waals surface area (Å²) >= 11 is 0. The summed E-state index contributed by atoms with van der Waals surface area (Å²) in [7, 11) is 3.52. The van der Waals surface area contributed by atoms with Crippen LogP contribution in [0.5, 0.6) is 0 Å². The van der Waals surface area contributed by atoms with Crippen LogP contribution in [0.25, 0.3) is 0 Å². The van der Waals surface area contributed by atoms with Gasteiger partial charge >= 0.3 is 0 Å². The van der Waals surface area contributed by atoms with Gasteiger partial charge in [-0.1, -0.05) is 17.7 Å². The zero-order valence-corrected chi connectivity index (χ0v) is 19.2. The first-order valence-electron chi connectivity index (χ1n) is 9.58. The number of methoxy groups -OCH3 is 1. The molecular formula is C20H35IN4O2. The van der Waals surface area contributed by atoms with Gasteiger partial charge < -0.3 is 25.0 Å². The molecule has 0 radical (unpaired) electrons. The maximum absolute atomic E-state index is 5.47. The lowest BCUT2D eigenvalue weighted by atomic mass is 10.2. The van der Waals surface area contributed by atoms with Gasteiger partial charge in [-0.25, -0.2) is 0 Å². The number of rotatable bonds is 10. The van der Waals surface area contributed by atoms with E-state index in [9.17, 15) is 0 Å². The first kappa shape index (κ1) is 24.0. The quantitative estimate of drug-likeness (QED) is 0.229. The summed E-state index contributed by atoms with van der Waals surface area (Å²) in [6.07, 6.45) is 3.23. The zero-order chi connectivity index (χ0) is 18.6. The molecule has 27 heavy (non-hydrogen) atoms. The highest BCUT2D eigenvalue weighted by Gasteiger charge is 2.23. The minimum atomic E-state index is 0. The number of nitrogens with one attached hydrogen (secondary N) is 2. The third-order valence-electron chi connectivity index (χ3n) is 4.59. The van der Waals surface area contributed by atoms with Crippen LogP contribution in [-0.2, 0) is 9.47 Å². The number of guanidine groups is 1. The van der Waals surface area contributed by atoms with Crippen molar-refractivity contribution in [3.63, 3.8) is 0 Å². The number of nitrogens with zero attached hydrogens (tertiary/aromatic N) is 2. The van der Waals surface area contributed by atoms with Gasteiger partial charge in [-0.05, 0) is 38.3 Å². The van der Waals surface area contributed by atoms with Crippen LogP contribution in [0.3, 0.4) is 0 Å². The molecule has 1 heterocycles. The lowest BCUT2D eigenvalue weighted by Gasteiger charge is -2.20. The van der Waals surface area contributed by atoms with E-state index in [2.05, 4.69) is 51.7 Å². The average Bonchev–Trinajstić information content (AvgIpc) is 3.12. The summed E-state index contributed by atoms with van der Waals surface area (Å²) in [6, 6.07) is 9.20. The molecule has 0 saturated carbocycles. The Balaban J connectivity index is 0.00000364. The molecule has 154 valence electrons. The predicted molar refractivity (Wildman–Crippen MR) is 124 cm³/mol. The third kappa shape index (κ3) is 9.12. The highest BCUT2D eigenvalue weighted by Crippen LogP contribution is 2.20. The number of unbranched alkanes of at least 4 members (excludes halogenated alkanes) is 1. The van der Waals surface area contributed by atoms with Crippen molar-refractivity contribution in [2.75, 3.05) is 58.5 Å². The molecule has 1 saturated heterocycles. The van der Waals surface area contributed by atoms with E-state index >= 15 is 0 Å². The van der Waals surface area contributed by atoms with E-state index in [1.54, 1.807) is 7.11 Å². The molecule has 1 aromatic rings. The summed E-state index contributed by atoms with van der Waals surface area (Å²) < 4.78 is 10.4. The highest BCUT2D eigenvalue weighted by atomic mass is 127. The van der Waals surface area contributed by atoms with E-state index in [1.165, 1.54) is 11.3 Å². The summed E-state index contributed by atoms with van der Waals surface area (Å²) in [6.45, 7) is 7.24. The van der Waals surface area contributed by atoms with E-state index in [4.69, 9.17) is 9.47 Å². The number of benzene rings is 1. The minimum absolute atomic E-state index is 0. The van der Waals surface area contributed by atoms with E-state index in [0.29, 0.717) is 19.3 Å². The van der Waals surface area contributed by atoms with Gasteiger partial charge in [-0.2, -0.15) is 0 Å². The fourth-order valence-electron chi connectivity index (χ4n) is 3.04. The second-order valence-corrected chi connectivity index (χ2v) is 6.72. The smallest absolute Gasteiger partial charge is 0.191 e. The van der Waals surface area contributed by atoms with Crippen LogP contribution in [0.4, 0.5) is 5.69 Å². The Kier molecular flexibility index (Phi) is 12.4. The van der Waals surface area contributed by atoms with Crippen molar-refractivity contribution in [2.45, 2.75) is 32.2 Å². The monoisotopic (exact) mass is 490 g/mol. The van der Waals surface area contributed by atoms with E-state index < -0.39 is 0 Å². The van der Waals surface area contributed by atoms with Gasteiger partial charge in [0.15, 0.2) is 5.96 Å². The van der Waals surface area contributed by atoms with E-state index in [-0.39, 0.29) is 24.0 Å². The molecule has 6 nitrogen and oxygen atoms in total.